The second-order valence-electron chi connectivity index (χ2n) is 3.32. The maximum Gasteiger partial charge on any atom is 0.123 e. The van der Waals surface area contributed by atoms with Crippen molar-refractivity contribution in [1.29, 1.82) is 0 Å². The molecule has 1 saturated heterocycles. The summed E-state index contributed by atoms with van der Waals surface area (Å²) in [5.41, 5.74) is -2.33. The maximum absolute atomic E-state index is 9.53. The van der Waals surface area contributed by atoms with Crippen LogP contribution in [0.1, 0.15) is 13.3 Å². The highest BCUT2D eigenvalue weighted by Crippen LogP contribution is 2.54. The van der Waals surface area contributed by atoms with E-state index in [0.717, 1.165) is 0 Å². The molecule has 54 valence electrons. The topological polar surface area (TPSA) is 49.7 Å². The van der Waals surface area contributed by atoms with Gasteiger partial charge in [-0.25, -0.2) is 0 Å². The van der Waals surface area contributed by atoms with Crippen molar-refractivity contribution < 1.29 is 14.9 Å². The highest BCUT2D eigenvalue weighted by Gasteiger charge is 2.72. The van der Waals surface area contributed by atoms with Crippen molar-refractivity contribution in [1.82, 2.24) is 0 Å². The Balaban J connectivity index is 2.30. The SMILES string of the molecule is [B][C@@H]1O[C@@H]2C[C@]2(O)[C@]1(C)O. The molecule has 2 N–H and O–H groups in total. The highest BCUT2D eigenvalue weighted by atomic mass is 16.6. The number of rotatable bonds is 0. The zero-order valence-corrected chi connectivity index (χ0v) is 5.74. The Morgan fingerprint density at radius 1 is 1.60 bits per heavy atom. The molecule has 0 aromatic heterocycles. The minimum atomic E-state index is -1.27. The van der Waals surface area contributed by atoms with E-state index >= 15 is 0 Å². The molecule has 0 bridgehead atoms. The molecule has 1 aliphatic carbocycles. The van der Waals surface area contributed by atoms with E-state index in [2.05, 4.69) is 0 Å². The Labute approximate surface area is 60.4 Å². The fourth-order valence-corrected chi connectivity index (χ4v) is 1.47. The lowest BCUT2D eigenvalue weighted by atomic mass is 9.80. The third-order valence-corrected chi connectivity index (χ3v) is 2.61. The van der Waals surface area contributed by atoms with E-state index in [0.29, 0.717) is 6.42 Å². The van der Waals surface area contributed by atoms with Gasteiger partial charge in [-0.05, 0) is 6.92 Å². The van der Waals surface area contributed by atoms with Gasteiger partial charge in [0.25, 0.3) is 0 Å². The molecule has 1 aliphatic heterocycles. The highest BCUT2D eigenvalue weighted by molar-refractivity contribution is 6.12. The second kappa shape index (κ2) is 1.42. The number of hydrogen-bond donors (Lipinski definition) is 2. The monoisotopic (exact) mass is 140 g/mol. The van der Waals surface area contributed by atoms with Gasteiger partial charge in [-0.1, -0.05) is 0 Å². The van der Waals surface area contributed by atoms with Gasteiger partial charge in [0, 0.05) is 12.4 Å². The van der Waals surface area contributed by atoms with E-state index in [1.54, 1.807) is 0 Å². The molecule has 2 fully saturated rings. The van der Waals surface area contributed by atoms with Crippen LogP contribution in [0.2, 0.25) is 0 Å². The van der Waals surface area contributed by atoms with Crippen molar-refractivity contribution in [2.45, 2.75) is 36.7 Å². The van der Waals surface area contributed by atoms with Crippen molar-refractivity contribution in [3.63, 3.8) is 0 Å². The van der Waals surface area contributed by atoms with Crippen molar-refractivity contribution >= 4 is 7.85 Å². The number of hydrogen-bond acceptors (Lipinski definition) is 3. The van der Waals surface area contributed by atoms with Crippen molar-refractivity contribution in [3.8, 4) is 0 Å². The third-order valence-electron chi connectivity index (χ3n) is 2.61. The molecule has 0 spiro atoms. The summed E-state index contributed by atoms with van der Waals surface area (Å²) in [6.07, 6.45) is 0.269. The van der Waals surface area contributed by atoms with Crippen molar-refractivity contribution in [2.24, 2.45) is 0 Å². The summed E-state index contributed by atoms with van der Waals surface area (Å²) in [5.74, 6) is 0. The van der Waals surface area contributed by atoms with Crippen LogP contribution in [0.15, 0.2) is 0 Å². The van der Waals surface area contributed by atoms with Crippen LogP contribution in [-0.2, 0) is 4.74 Å². The summed E-state index contributed by atoms with van der Waals surface area (Å²) in [5, 5.41) is 19.0. The first-order chi connectivity index (χ1) is 4.48. The summed E-state index contributed by atoms with van der Waals surface area (Å²) in [4.78, 5) is 0. The molecular formula is C6H9BO3. The Morgan fingerprint density at radius 3 is 2.40 bits per heavy atom. The van der Waals surface area contributed by atoms with Crippen LogP contribution < -0.4 is 0 Å². The summed E-state index contributed by atoms with van der Waals surface area (Å²) >= 11 is 0. The third kappa shape index (κ3) is 0.491. The van der Waals surface area contributed by atoms with E-state index in [9.17, 15) is 10.2 Å². The van der Waals surface area contributed by atoms with E-state index in [4.69, 9.17) is 12.6 Å². The zero-order valence-electron chi connectivity index (χ0n) is 5.74. The Hall–Kier alpha value is -0.0551. The fraction of sp³-hybridized carbons (Fsp3) is 1.00. The first-order valence-electron chi connectivity index (χ1n) is 3.34. The molecule has 0 unspecified atom stereocenters. The second-order valence-corrected chi connectivity index (χ2v) is 3.32. The quantitative estimate of drug-likeness (QED) is 0.414. The molecule has 0 amide bonds. The predicted octanol–water partition coefficient (Wildman–Crippen LogP) is -1.23. The van der Waals surface area contributed by atoms with Crippen LogP contribution in [0.25, 0.3) is 0 Å². The van der Waals surface area contributed by atoms with E-state index in [1.165, 1.54) is 6.92 Å². The molecule has 0 aromatic rings. The van der Waals surface area contributed by atoms with Gasteiger partial charge in [-0.3, -0.25) is 0 Å². The first kappa shape index (κ1) is 6.64. The Morgan fingerprint density at radius 2 is 2.20 bits per heavy atom. The number of ether oxygens (including phenoxy) is 1. The molecule has 4 atom stereocenters. The minimum Gasteiger partial charge on any atom is -0.385 e. The number of fused-ring (bicyclic) bond motifs is 1. The summed E-state index contributed by atoms with van der Waals surface area (Å²) in [6, 6.07) is -0.740. The van der Waals surface area contributed by atoms with Gasteiger partial charge in [-0.2, -0.15) is 0 Å². The van der Waals surface area contributed by atoms with Gasteiger partial charge in [-0.15, -0.1) is 0 Å². The van der Waals surface area contributed by atoms with E-state index in [1.807, 2.05) is 0 Å². The molecule has 2 rings (SSSR count). The van der Waals surface area contributed by atoms with Crippen LogP contribution in [0, 0.1) is 0 Å². The van der Waals surface area contributed by atoms with Crippen LogP contribution in [0.3, 0.4) is 0 Å². The van der Waals surface area contributed by atoms with Crippen molar-refractivity contribution in [3.05, 3.63) is 0 Å². The van der Waals surface area contributed by atoms with Crippen LogP contribution in [-0.4, -0.2) is 41.4 Å². The Kier molecular flexibility index (Phi) is 0.943. The largest absolute Gasteiger partial charge is 0.385 e. The van der Waals surface area contributed by atoms with E-state index in [-0.39, 0.29) is 6.10 Å². The molecule has 10 heavy (non-hydrogen) atoms. The van der Waals surface area contributed by atoms with Crippen LogP contribution in [0.5, 0.6) is 0 Å². The smallest absolute Gasteiger partial charge is 0.123 e. The summed E-state index contributed by atoms with van der Waals surface area (Å²) in [7, 11) is 5.39. The van der Waals surface area contributed by atoms with Gasteiger partial charge >= 0.3 is 0 Å². The average Bonchev–Trinajstić information content (AvgIpc) is 2.39. The lowest BCUT2D eigenvalue weighted by molar-refractivity contribution is -0.0799. The molecule has 0 aromatic carbocycles. The molecular weight excluding hydrogens is 131 g/mol. The molecule has 2 radical (unpaired) electrons. The standard InChI is InChI=1S/C6H9BO3/c1-5(8)4(7)10-3-2-6(3,5)9/h3-4,8-9H,2H2,1H3/t3-,4-,5-,6-/m1/s1. The van der Waals surface area contributed by atoms with Gasteiger partial charge in [0.1, 0.15) is 19.0 Å². The summed E-state index contributed by atoms with van der Waals surface area (Å²) in [6.45, 7) is 1.50. The average molecular weight is 140 g/mol. The van der Waals surface area contributed by atoms with Crippen LogP contribution in [0.4, 0.5) is 0 Å². The lowest BCUT2D eigenvalue weighted by Gasteiger charge is -2.28. The Bertz CT molecular complexity index is 182. The molecule has 1 saturated carbocycles. The van der Waals surface area contributed by atoms with Crippen molar-refractivity contribution in [2.75, 3.05) is 0 Å². The van der Waals surface area contributed by atoms with Gasteiger partial charge in [0.2, 0.25) is 0 Å². The number of aliphatic hydroxyl groups is 2. The van der Waals surface area contributed by atoms with Crippen LogP contribution >= 0.6 is 0 Å². The fourth-order valence-electron chi connectivity index (χ4n) is 1.47. The first-order valence-corrected chi connectivity index (χ1v) is 3.34. The predicted molar refractivity (Wildman–Crippen MR) is 34.6 cm³/mol. The molecule has 4 heteroatoms. The lowest BCUT2D eigenvalue weighted by Crippen LogP contribution is -2.48. The van der Waals surface area contributed by atoms with E-state index < -0.39 is 17.2 Å². The minimum absolute atomic E-state index is 0.238. The molecule has 3 nitrogen and oxygen atoms in total. The maximum atomic E-state index is 9.53. The van der Waals surface area contributed by atoms with Gasteiger partial charge in [0.15, 0.2) is 0 Å². The molecule has 1 heterocycles. The molecule has 2 aliphatic rings. The normalized spacial score (nSPS) is 65.9. The van der Waals surface area contributed by atoms with Gasteiger partial charge < -0.3 is 14.9 Å². The summed E-state index contributed by atoms with van der Waals surface area (Å²) < 4.78 is 5.03. The van der Waals surface area contributed by atoms with Gasteiger partial charge in [0.05, 0.1) is 6.10 Å². The zero-order chi connectivity index (χ0) is 7.57.